The summed E-state index contributed by atoms with van der Waals surface area (Å²) < 4.78 is 0. The van der Waals surface area contributed by atoms with E-state index in [1.165, 1.54) is 12.1 Å². The summed E-state index contributed by atoms with van der Waals surface area (Å²) in [6.45, 7) is 0. The molecule has 4 amide bonds. The first-order chi connectivity index (χ1) is 27.7. The fourth-order valence-corrected chi connectivity index (χ4v) is 8.49. The zero-order valence-electron chi connectivity index (χ0n) is 31.3. The van der Waals surface area contributed by atoms with Gasteiger partial charge in [0.25, 0.3) is 11.8 Å². The Morgan fingerprint density at radius 3 is 1.43 bits per heavy atom. The van der Waals surface area contributed by atoms with E-state index in [9.17, 15) is 34.2 Å². The minimum Gasteiger partial charge on any atom is -0.480 e. The molecule has 7 rings (SSSR count). The molecule has 2 saturated carbocycles. The summed E-state index contributed by atoms with van der Waals surface area (Å²) in [5.41, 5.74) is 4.68. The predicted molar refractivity (Wildman–Crippen MR) is 228 cm³/mol. The Bertz CT molecular complexity index is 2390. The molecular weight excluding hydrogens is 805 g/mol. The molecule has 5 aromatic carbocycles. The van der Waals surface area contributed by atoms with Gasteiger partial charge >= 0.3 is 18.0 Å². The van der Waals surface area contributed by atoms with Crippen molar-refractivity contribution in [1.29, 1.82) is 0 Å². The van der Waals surface area contributed by atoms with E-state index in [0.29, 0.717) is 54.8 Å². The van der Waals surface area contributed by atoms with Gasteiger partial charge in [-0.05, 0) is 83.6 Å². The second-order valence-electron chi connectivity index (χ2n) is 14.7. The number of anilines is 3. The number of hydrogen-bond acceptors (Lipinski definition) is 6. The summed E-state index contributed by atoms with van der Waals surface area (Å²) in [5, 5.41) is 34.2. The Morgan fingerprint density at radius 1 is 0.552 bits per heavy atom. The molecule has 0 aromatic heterocycles. The van der Waals surface area contributed by atoms with Crippen molar-refractivity contribution in [2.75, 3.05) is 16.4 Å². The Balaban J connectivity index is 0.000000213. The van der Waals surface area contributed by atoms with Gasteiger partial charge in [0.15, 0.2) is 0 Å². The molecule has 2 aliphatic carbocycles. The number of carboxylic acid groups (broad SMARTS) is 2. The molecule has 5 aromatic rings. The van der Waals surface area contributed by atoms with Crippen LogP contribution in [0.5, 0.6) is 0 Å². The van der Waals surface area contributed by atoms with E-state index in [2.05, 4.69) is 21.3 Å². The van der Waals surface area contributed by atoms with Crippen molar-refractivity contribution in [3.8, 4) is 0 Å². The van der Waals surface area contributed by atoms with Crippen molar-refractivity contribution in [3.63, 3.8) is 0 Å². The van der Waals surface area contributed by atoms with E-state index in [-0.39, 0.29) is 27.0 Å². The zero-order valence-corrected chi connectivity index (χ0v) is 33.6. The fourth-order valence-electron chi connectivity index (χ4n) is 7.58. The number of nitrogens with two attached hydrogens (primary N) is 1. The van der Waals surface area contributed by atoms with Crippen LogP contribution in [0, 0.1) is 0 Å². The second-order valence-corrected chi connectivity index (χ2v) is 15.9. The number of halogens is 3. The van der Waals surface area contributed by atoms with Crippen molar-refractivity contribution in [2.45, 2.75) is 75.3 Å². The highest BCUT2D eigenvalue weighted by Crippen LogP contribution is 2.35. The quantitative estimate of drug-likeness (QED) is 0.0748. The highest BCUT2D eigenvalue weighted by atomic mass is 35.5. The normalized spacial score (nSPS) is 15.6. The van der Waals surface area contributed by atoms with Gasteiger partial charge in [0.05, 0.1) is 32.5 Å². The lowest BCUT2D eigenvalue weighted by atomic mass is 9.81. The number of carbonyl (C=O) groups is 5. The first-order valence-corrected chi connectivity index (χ1v) is 20.0. The van der Waals surface area contributed by atoms with E-state index in [1.807, 2.05) is 48.5 Å². The highest BCUT2D eigenvalue weighted by molar-refractivity contribution is 6.42. The van der Waals surface area contributed by atoms with E-state index < -0.39 is 40.9 Å². The number of nitrogens with one attached hydrogen (secondary N) is 4. The van der Waals surface area contributed by atoms with E-state index in [4.69, 9.17) is 40.5 Å². The molecule has 0 atom stereocenters. The van der Waals surface area contributed by atoms with Crippen LogP contribution in [-0.2, 0) is 9.59 Å². The Kier molecular flexibility index (Phi) is 13.0. The van der Waals surface area contributed by atoms with Crippen molar-refractivity contribution < 1.29 is 34.2 Å². The number of amides is 4. The molecule has 12 nitrogen and oxygen atoms in total. The van der Waals surface area contributed by atoms with Gasteiger partial charge in [-0.1, -0.05) is 122 Å². The van der Waals surface area contributed by atoms with Gasteiger partial charge in [0, 0.05) is 10.7 Å². The number of rotatable bonds is 8. The van der Waals surface area contributed by atoms with Crippen molar-refractivity contribution >= 4 is 103 Å². The molecular formula is C43H42Cl3N5O7. The van der Waals surface area contributed by atoms with Gasteiger partial charge < -0.3 is 37.2 Å². The zero-order chi connectivity index (χ0) is 41.6. The largest absolute Gasteiger partial charge is 0.480 e. The van der Waals surface area contributed by atoms with Gasteiger partial charge in [-0.15, -0.1) is 0 Å². The Morgan fingerprint density at radius 2 is 0.966 bits per heavy atom. The van der Waals surface area contributed by atoms with Crippen LogP contribution >= 0.6 is 34.8 Å². The standard InChI is InChI=1S/C25H22Cl3N3O4.C18H20N2O3/c26-16-12-18(27)21(19(28)13-16)30-24(35)29-20-11-15-7-3-2-6-14(15)10-17(20)22(32)31-25(23(33)34)8-4-1-5-9-25;19-15-11-13-7-3-2-6-12(13)10-14(15)16(21)20-18(17(22)23)8-4-1-5-9-18/h2-3,6-7,10-13H,1,4-5,8-9H2,(H,31,32)(H,33,34)(H2,29,30,35);2-3,6-7,10-11H,1,4-5,8-9,19H2,(H,20,21)(H,22,23). The molecule has 0 radical (unpaired) electrons. The van der Waals surface area contributed by atoms with Crippen LogP contribution in [0.3, 0.4) is 0 Å². The molecule has 0 bridgehead atoms. The van der Waals surface area contributed by atoms with E-state index >= 15 is 0 Å². The third kappa shape index (κ3) is 9.41. The first kappa shape index (κ1) is 42.1. The van der Waals surface area contributed by atoms with Gasteiger partial charge in [-0.2, -0.15) is 0 Å². The third-order valence-electron chi connectivity index (χ3n) is 10.7. The lowest BCUT2D eigenvalue weighted by Gasteiger charge is -2.34. The minimum absolute atomic E-state index is 0.137. The fraction of sp³-hybridized carbons (Fsp3) is 0.279. The van der Waals surface area contributed by atoms with E-state index in [0.717, 1.165) is 47.2 Å². The number of carbonyl (C=O) groups excluding carboxylic acids is 3. The first-order valence-electron chi connectivity index (χ1n) is 18.9. The average Bonchev–Trinajstić information content (AvgIpc) is 3.19. The van der Waals surface area contributed by atoms with Crippen LogP contribution in [0.2, 0.25) is 15.1 Å². The molecule has 0 heterocycles. The van der Waals surface area contributed by atoms with Gasteiger partial charge in [0.1, 0.15) is 11.1 Å². The lowest BCUT2D eigenvalue weighted by Crippen LogP contribution is -2.55. The summed E-state index contributed by atoms with van der Waals surface area (Å²) in [5.74, 6) is -3.04. The maximum absolute atomic E-state index is 13.4. The number of benzene rings is 5. The SMILES string of the molecule is Nc1cc2ccccc2cc1C(=O)NC1(C(=O)O)CCCCC1.O=C(Nc1cc2ccccc2cc1C(=O)NC1(C(=O)O)CCCCC1)Nc1c(Cl)cc(Cl)cc1Cl. The summed E-state index contributed by atoms with van der Waals surface area (Å²) in [4.78, 5) is 62.6. The summed E-state index contributed by atoms with van der Waals surface area (Å²) in [7, 11) is 0. The molecule has 0 spiro atoms. The number of fused-ring (bicyclic) bond motifs is 2. The minimum atomic E-state index is -1.34. The molecule has 2 fully saturated rings. The van der Waals surface area contributed by atoms with Crippen LogP contribution in [0.4, 0.5) is 21.9 Å². The summed E-state index contributed by atoms with van der Waals surface area (Å²) in [6, 6.07) is 23.9. The predicted octanol–water partition coefficient (Wildman–Crippen LogP) is 9.90. The molecule has 302 valence electrons. The average molecular weight is 847 g/mol. The molecule has 15 heteroatoms. The Labute approximate surface area is 349 Å². The highest BCUT2D eigenvalue weighted by Gasteiger charge is 2.42. The van der Waals surface area contributed by atoms with Crippen LogP contribution < -0.4 is 27.0 Å². The molecule has 0 aliphatic heterocycles. The number of hydrogen-bond donors (Lipinski definition) is 7. The Hall–Kier alpha value is -5.56. The molecule has 2 aliphatic rings. The topological polar surface area (TPSA) is 200 Å². The maximum atomic E-state index is 13.4. The number of nitrogen functional groups attached to an aromatic ring is 1. The van der Waals surface area contributed by atoms with Crippen molar-refractivity contribution in [2.24, 2.45) is 0 Å². The van der Waals surface area contributed by atoms with Crippen molar-refractivity contribution in [1.82, 2.24) is 10.6 Å². The van der Waals surface area contributed by atoms with E-state index in [1.54, 1.807) is 24.3 Å². The third-order valence-corrected chi connectivity index (χ3v) is 11.5. The number of urea groups is 1. The lowest BCUT2D eigenvalue weighted by molar-refractivity contribution is -0.146. The second kappa shape index (κ2) is 17.9. The van der Waals surface area contributed by atoms with Crippen LogP contribution in [-0.4, -0.2) is 51.1 Å². The smallest absolute Gasteiger partial charge is 0.329 e. The molecule has 8 N–H and O–H groups in total. The van der Waals surface area contributed by atoms with Crippen molar-refractivity contribution in [3.05, 3.63) is 111 Å². The molecule has 58 heavy (non-hydrogen) atoms. The monoisotopic (exact) mass is 845 g/mol. The molecule has 0 saturated heterocycles. The van der Waals surface area contributed by atoms with Gasteiger partial charge in [0.2, 0.25) is 0 Å². The number of carboxylic acids is 2. The van der Waals surface area contributed by atoms with Crippen LogP contribution in [0.25, 0.3) is 21.5 Å². The summed E-state index contributed by atoms with van der Waals surface area (Å²) >= 11 is 18.3. The van der Waals surface area contributed by atoms with Crippen LogP contribution in [0.15, 0.2) is 84.9 Å². The maximum Gasteiger partial charge on any atom is 0.329 e. The number of aliphatic carboxylic acids is 2. The van der Waals surface area contributed by atoms with Crippen LogP contribution in [0.1, 0.15) is 84.9 Å². The van der Waals surface area contributed by atoms with Gasteiger partial charge in [-0.3, -0.25) is 9.59 Å². The molecule has 0 unspecified atom stereocenters. The summed E-state index contributed by atoms with van der Waals surface area (Å²) in [6.07, 6.45) is 6.56. The van der Waals surface area contributed by atoms with Gasteiger partial charge in [-0.25, -0.2) is 14.4 Å².